The second kappa shape index (κ2) is 5.85. The molecular formula is C20H24N2OS. The van der Waals surface area contributed by atoms with E-state index in [1.165, 1.54) is 38.2 Å². The van der Waals surface area contributed by atoms with Crippen LogP contribution >= 0.6 is 0 Å². The topological polar surface area (TPSA) is 23.6 Å². The van der Waals surface area contributed by atoms with Gasteiger partial charge in [-0.1, -0.05) is 36.4 Å². The van der Waals surface area contributed by atoms with Gasteiger partial charge < -0.3 is 9.80 Å². The summed E-state index contributed by atoms with van der Waals surface area (Å²) >= 11 is 0. The van der Waals surface area contributed by atoms with Crippen LogP contribution in [0.15, 0.2) is 53.5 Å². The molecule has 0 saturated carbocycles. The molecule has 0 N–H and O–H groups in total. The molecule has 2 bridgehead atoms. The number of fused-ring (bicyclic) bond motifs is 5. The first-order valence-electron chi connectivity index (χ1n) is 9.15. The minimum absolute atomic E-state index is 0.0889. The van der Waals surface area contributed by atoms with Gasteiger partial charge in [0.15, 0.2) is 0 Å². The fourth-order valence-electron chi connectivity index (χ4n) is 4.99. The summed E-state index contributed by atoms with van der Waals surface area (Å²) in [6, 6.07) is 8.56. The summed E-state index contributed by atoms with van der Waals surface area (Å²) in [5.41, 5.74) is 1.19. The van der Waals surface area contributed by atoms with E-state index in [1.807, 2.05) is 6.07 Å². The molecule has 4 unspecified atom stereocenters. The fourth-order valence-corrected chi connectivity index (χ4v) is 6.61. The molecule has 0 spiro atoms. The Morgan fingerprint density at radius 3 is 2.67 bits per heavy atom. The number of hydrogen-bond acceptors (Lipinski definition) is 3. The molecule has 1 aromatic rings. The molecule has 3 fully saturated rings. The monoisotopic (exact) mass is 340 g/mol. The van der Waals surface area contributed by atoms with E-state index in [9.17, 15) is 4.21 Å². The van der Waals surface area contributed by atoms with Crippen molar-refractivity contribution in [1.29, 1.82) is 0 Å². The van der Waals surface area contributed by atoms with Gasteiger partial charge in [0.25, 0.3) is 0 Å². The lowest BCUT2D eigenvalue weighted by molar-refractivity contribution is 0.0538. The second-order valence-corrected chi connectivity index (χ2v) is 9.12. The largest absolute Gasteiger partial charge is 0.362 e. The Bertz CT molecular complexity index is 720. The number of rotatable bonds is 2. The normalized spacial score (nSPS) is 39.6. The molecule has 4 aliphatic heterocycles. The Labute approximate surface area is 146 Å². The first-order chi connectivity index (χ1) is 11.8. The van der Waals surface area contributed by atoms with Gasteiger partial charge in [-0.25, -0.2) is 0 Å². The van der Waals surface area contributed by atoms with Crippen molar-refractivity contribution < 1.29 is 4.21 Å². The van der Waals surface area contributed by atoms with Crippen LogP contribution in [0.1, 0.15) is 12.8 Å². The highest BCUT2D eigenvalue weighted by molar-refractivity contribution is 7.86. The van der Waals surface area contributed by atoms with Crippen LogP contribution < -0.4 is 4.90 Å². The molecule has 1 aliphatic carbocycles. The van der Waals surface area contributed by atoms with Crippen molar-refractivity contribution >= 4 is 16.5 Å². The van der Waals surface area contributed by atoms with E-state index >= 15 is 0 Å². The third-order valence-corrected chi connectivity index (χ3v) is 7.99. The van der Waals surface area contributed by atoms with E-state index in [2.05, 4.69) is 52.3 Å². The molecule has 1 aromatic carbocycles. The van der Waals surface area contributed by atoms with Crippen molar-refractivity contribution in [2.45, 2.75) is 29.0 Å². The zero-order valence-electron chi connectivity index (χ0n) is 13.9. The van der Waals surface area contributed by atoms with Crippen molar-refractivity contribution in [3.05, 3.63) is 48.6 Å². The van der Waals surface area contributed by atoms with Gasteiger partial charge >= 0.3 is 0 Å². The van der Waals surface area contributed by atoms with Crippen LogP contribution in [-0.4, -0.2) is 46.6 Å². The fraction of sp³-hybridized carbons (Fsp3) is 0.500. The number of anilines is 1. The minimum atomic E-state index is -0.951. The van der Waals surface area contributed by atoms with Gasteiger partial charge in [0, 0.05) is 13.1 Å². The third-order valence-electron chi connectivity index (χ3n) is 6.28. The molecular weight excluding hydrogens is 316 g/mol. The molecule has 126 valence electrons. The number of nitrogens with zero attached hydrogens (tertiary/aromatic N) is 2. The molecule has 24 heavy (non-hydrogen) atoms. The molecule has 0 aromatic heterocycles. The summed E-state index contributed by atoms with van der Waals surface area (Å²) < 4.78 is 13.0. The minimum Gasteiger partial charge on any atom is -0.362 e. The highest BCUT2D eigenvalue weighted by atomic mass is 32.2. The van der Waals surface area contributed by atoms with Crippen LogP contribution in [0.5, 0.6) is 0 Å². The van der Waals surface area contributed by atoms with Crippen molar-refractivity contribution in [3.8, 4) is 0 Å². The standard InChI is InChI=1S/C20H24N2OS/c23-24-19-7-3-1-5-17(19)22(18-6-2-4-8-20(18)24)14-16-13-21-11-9-15(16)10-12-21/h1-8,15-17,19H,9-14H2. The number of para-hydroxylation sites is 1. The Hall–Kier alpha value is -1.39. The van der Waals surface area contributed by atoms with E-state index in [4.69, 9.17) is 0 Å². The van der Waals surface area contributed by atoms with Gasteiger partial charge in [0.05, 0.1) is 32.7 Å². The maximum absolute atomic E-state index is 13.0. The van der Waals surface area contributed by atoms with Gasteiger partial charge in [-0.15, -0.1) is 0 Å². The van der Waals surface area contributed by atoms with Crippen LogP contribution in [0.25, 0.3) is 0 Å². The van der Waals surface area contributed by atoms with Crippen LogP contribution in [0.4, 0.5) is 5.69 Å². The van der Waals surface area contributed by atoms with Gasteiger partial charge in [-0.05, 0) is 49.9 Å². The van der Waals surface area contributed by atoms with E-state index in [0.717, 1.165) is 23.3 Å². The molecule has 3 nitrogen and oxygen atoms in total. The van der Waals surface area contributed by atoms with Gasteiger partial charge in [-0.3, -0.25) is 4.21 Å². The number of allylic oxidation sites excluding steroid dienone is 2. The smallest absolute Gasteiger partial charge is 0.0818 e. The van der Waals surface area contributed by atoms with Gasteiger partial charge in [-0.2, -0.15) is 0 Å². The van der Waals surface area contributed by atoms with Crippen molar-refractivity contribution in [2.75, 3.05) is 31.1 Å². The summed E-state index contributed by atoms with van der Waals surface area (Å²) in [6.45, 7) is 4.91. The van der Waals surface area contributed by atoms with E-state index < -0.39 is 10.8 Å². The third kappa shape index (κ3) is 2.31. The van der Waals surface area contributed by atoms with Crippen molar-refractivity contribution in [3.63, 3.8) is 0 Å². The molecule has 4 heteroatoms. The lowest BCUT2D eigenvalue weighted by Crippen LogP contribution is -2.55. The molecule has 6 rings (SSSR count). The van der Waals surface area contributed by atoms with Crippen LogP contribution in [0.2, 0.25) is 0 Å². The molecule has 0 amide bonds. The molecule has 4 heterocycles. The number of piperidine rings is 3. The zero-order valence-corrected chi connectivity index (χ0v) is 14.7. The SMILES string of the molecule is O=S1c2ccccc2N(CC2CN3CCC2CC3)C2C=CC=CC21. The zero-order chi connectivity index (χ0) is 16.1. The predicted octanol–water partition coefficient (Wildman–Crippen LogP) is 2.82. The highest BCUT2D eigenvalue weighted by Crippen LogP contribution is 2.40. The maximum Gasteiger partial charge on any atom is 0.0818 e. The Kier molecular flexibility index (Phi) is 3.64. The Morgan fingerprint density at radius 2 is 1.88 bits per heavy atom. The molecule has 0 radical (unpaired) electrons. The van der Waals surface area contributed by atoms with Crippen LogP contribution in [0.3, 0.4) is 0 Å². The number of benzene rings is 1. The lowest BCUT2D eigenvalue weighted by atomic mass is 9.78. The summed E-state index contributed by atoms with van der Waals surface area (Å²) in [7, 11) is -0.951. The van der Waals surface area contributed by atoms with Crippen molar-refractivity contribution in [1.82, 2.24) is 4.90 Å². The second-order valence-electron chi connectivity index (χ2n) is 7.54. The summed E-state index contributed by atoms with van der Waals surface area (Å²) in [5, 5.41) is 0.0889. The average molecular weight is 340 g/mol. The van der Waals surface area contributed by atoms with Crippen LogP contribution in [-0.2, 0) is 10.8 Å². The van der Waals surface area contributed by atoms with Crippen LogP contribution in [0, 0.1) is 11.8 Å². The quantitative estimate of drug-likeness (QED) is 0.827. The first-order valence-corrected chi connectivity index (χ1v) is 10.4. The lowest BCUT2D eigenvalue weighted by Gasteiger charge is -2.49. The first kappa shape index (κ1) is 14.9. The summed E-state index contributed by atoms with van der Waals surface area (Å²) in [5.74, 6) is 1.61. The molecule has 3 saturated heterocycles. The summed E-state index contributed by atoms with van der Waals surface area (Å²) in [6.07, 6.45) is 11.3. The maximum atomic E-state index is 13.0. The number of hydrogen-bond donors (Lipinski definition) is 0. The van der Waals surface area contributed by atoms with Gasteiger partial charge in [0.2, 0.25) is 0 Å². The van der Waals surface area contributed by atoms with Gasteiger partial charge in [0.1, 0.15) is 0 Å². The van der Waals surface area contributed by atoms with E-state index in [-0.39, 0.29) is 11.3 Å². The summed E-state index contributed by atoms with van der Waals surface area (Å²) in [4.78, 5) is 6.20. The van der Waals surface area contributed by atoms with E-state index in [0.29, 0.717) is 0 Å². The average Bonchev–Trinajstić information content (AvgIpc) is 2.66. The molecule has 5 aliphatic rings. The Morgan fingerprint density at radius 1 is 1.08 bits per heavy atom. The van der Waals surface area contributed by atoms with Crippen molar-refractivity contribution in [2.24, 2.45) is 11.8 Å². The molecule has 4 atom stereocenters. The predicted molar refractivity (Wildman–Crippen MR) is 98.7 cm³/mol. The highest BCUT2D eigenvalue weighted by Gasteiger charge is 2.41. The Balaban J connectivity index is 1.51. The van der Waals surface area contributed by atoms with E-state index in [1.54, 1.807) is 0 Å².